The second kappa shape index (κ2) is 5.40. The number of aromatic nitrogens is 2. The van der Waals surface area contributed by atoms with E-state index in [1.807, 2.05) is 31.4 Å². The third-order valence-electron chi connectivity index (χ3n) is 2.90. The van der Waals surface area contributed by atoms with Crippen LogP contribution < -0.4 is 5.32 Å². The molecule has 2 aromatic heterocycles. The van der Waals surface area contributed by atoms with Crippen molar-refractivity contribution in [1.82, 2.24) is 9.78 Å². The van der Waals surface area contributed by atoms with Crippen molar-refractivity contribution in [3.63, 3.8) is 0 Å². The number of nitrogens with one attached hydrogen (secondary N) is 1. The fraction of sp³-hybridized carbons (Fsp3) is 0.417. The molecule has 0 aliphatic carbocycles. The summed E-state index contributed by atoms with van der Waals surface area (Å²) in [5.41, 5.74) is 0.498. The van der Waals surface area contributed by atoms with E-state index in [0.29, 0.717) is 18.1 Å². The van der Waals surface area contributed by atoms with E-state index in [-0.39, 0.29) is 16.7 Å². The van der Waals surface area contributed by atoms with Crippen LogP contribution in [0.2, 0.25) is 0 Å². The van der Waals surface area contributed by atoms with Crippen LogP contribution in [0.3, 0.4) is 0 Å². The van der Waals surface area contributed by atoms with Crippen LogP contribution in [0.25, 0.3) is 0 Å². The Bertz CT molecular complexity index is 577. The molecular weight excluding hydrogens is 264 g/mol. The number of nitrogens with zero attached hydrogens (tertiary/aromatic N) is 3. The van der Waals surface area contributed by atoms with Gasteiger partial charge in [-0.15, -0.1) is 11.3 Å². The number of hydrogen-bond donors (Lipinski definition) is 1. The van der Waals surface area contributed by atoms with E-state index >= 15 is 0 Å². The van der Waals surface area contributed by atoms with E-state index in [2.05, 4.69) is 10.4 Å². The quantitative estimate of drug-likeness (QED) is 0.673. The Kier molecular flexibility index (Phi) is 3.84. The van der Waals surface area contributed by atoms with Crippen molar-refractivity contribution in [2.75, 3.05) is 5.32 Å². The predicted octanol–water partition coefficient (Wildman–Crippen LogP) is 3.35. The summed E-state index contributed by atoms with van der Waals surface area (Å²) in [7, 11) is 0. The van der Waals surface area contributed by atoms with Gasteiger partial charge in [0, 0.05) is 11.4 Å². The predicted molar refractivity (Wildman–Crippen MR) is 75.6 cm³/mol. The molecule has 102 valence electrons. The number of anilines is 1. The SMILES string of the molecule is CCn1nc(C)c([N+](=O)[O-])c1NC(C)c1cccs1. The molecule has 7 heteroatoms. The standard InChI is InChI=1S/C12H16N4O2S/c1-4-15-12(11(16(17)18)9(3)14-15)13-8(2)10-6-5-7-19-10/h5-8,13H,4H2,1-3H3. The zero-order valence-electron chi connectivity index (χ0n) is 11.1. The topological polar surface area (TPSA) is 73.0 Å². The highest BCUT2D eigenvalue weighted by atomic mass is 32.1. The first-order valence-corrected chi connectivity index (χ1v) is 6.94. The molecule has 0 fully saturated rings. The number of nitro groups is 1. The molecule has 1 atom stereocenters. The van der Waals surface area contributed by atoms with Crippen molar-refractivity contribution in [2.24, 2.45) is 0 Å². The van der Waals surface area contributed by atoms with Crippen LogP contribution in [0, 0.1) is 17.0 Å². The summed E-state index contributed by atoms with van der Waals surface area (Å²) in [6.45, 7) is 6.15. The Morgan fingerprint density at radius 2 is 2.37 bits per heavy atom. The summed E-state index contributed by atoms with van der Waals surface area (Å²) >= 11 is 1.62. The lowest BCUT2D eigenvalue weighted by Gasteiger charge is -2.13. The number of rotatable bonds is 5. The molecule has 1 unspecified atom stereocenters. The van der Waals surface area contributed by atoms with Gasteiger partial charge in [0.25, 0.3) is 0 Å². The van der Waals surface area contributed by atoms with Gasteiger partial charge in [0.2, 0.25) is 5.82 Å². The molecular formula is C12H16N4O2S. The highest BCUT2D eigenvalue weighted by Crippen LogP contribution is 2.32. The number of thiophene rings is 1. The van der Waals surface area contributed by atoms with Gasteiger partial charge in [0.05, 0.1) is 11.0 Å². The molecule has 2 heterocycles. The van der Waals surface area contributed by atoms with Crippen LogP contribution >= 0.6 is 11.3 Å². The van der Waals surface area contributed by atoms with E-state index < -0.39 is 0 Å². The zero-order chi connectivity index (χ0) is 14.0. The maximum Gasteiger partial charge on any atom is 0.333 e. The molecule has 2 rings (SSSR count). The van der Waals surface area contributed by atoms with Crippen LogP contribution in [0.5, 0.6) is 0 Å². The van der Waals surface area contributed by atoms with E-state index in [1.54, 1.807) is 22.9 Å². The Hall–Kier alpha value is -1.89. The van der Waals surface area contributed by atoms with Crippen molar-refractivity contribution in [2.45, 2.75) is 33.4 Å². The molecule has 0 aliphatic heterocycles. The van der Waals surface area contributed by atoms with Crippen LogP contribution in [0.4, 0.5) is 11.5 Å². The fourth-order valence-corrected chi connectivity index (χ4v) is 2.71. The average Bonchev–Trinajstić information content (AvgIpc) is 2.96. The zero-order valence-corrected chi connectivity index (χ0v) is 11.9. The molecule has 19 heavy (non-hydrogen) atoms. The van der Waals surface area contributed by atoms with Gasteiger partial charge in [-0.05, 0) is 32.2 Å². The highest BCUT2D eigenvalue weighted by molar-refractivity contribution is 7.10. The summed E-state index contributed by atoms with van der Waals surface area (Å²) in [5, 5.41) is 20.5. The first kappa shape index (κ1) is 13.5. The molecule has 0 bridgehead atoms. The van der Waals surface area contributed by atoms with Crippen molar-refractivity contribution in [3.05, 3.63) is 38.2 Å². The third-order valence-corrected chi connectivity index (χ3v) is 3.96. The van der Waals surface area contributed by atoms with Gasteiger partial charge in [-0.25, -0.2) is 4.68 Å². The summed E-state index contributed by atoms with van der Waals surface area (Å²) in [4.78, 5) is 11.9. The number of hydrogen-bond acceptors (Lipinski definition) is 5. The van der Waals surface area contributed by atoms with Gasteiger partial charge in [0.15, 0.2) is 0 Å². The smallest absolute Gasteiger partial charge is 0.333 e. The minimum atomic E-state index is -0.377. The Morgan fingerprint density at radius 3 is 2.89 bits per heavy atom. The van der Waals surface area contributed by atoms with Crippen molar-refractivity contribution < 1.29 is 4.92 Å². The molecule has 0 aliphatic rings. The second-order valence-corrected chi connectivity index (χ2v) is 5.22. The monoisotopic (exact) mass is 280 g/mol. The lowest BCUT2D eigenvalue weighted by Crippen LogP contribution is -2.11. The third kappa shape index (κ3) is 2.60. The van der Waals surface area contributed by atoms with E-state index in [0.717, 1.165) is 4.88 Å². The molecule has 0 aromatic carbocycles. The molecule has 0 saturated heterocycles. The first-order chi connectivity index (χ1) is 9.04. The molecule has 0 amide bonds. The van der Waals surface area contributed by atoms with E-state index in [4.69, 9.17) is 0 Å². The normalized spacial score (nSPS) is 12.4. The van der Waals surface area contributed by atoms with Crippen LogP contribution in [0.15, 0.2) is 17.5 Å². The molecule has 0 radical (unpaired) electrons. The van der Waals surface area contributed by atoms with Crippen molar-refractivity contribution in [1.29, 1.82) is 0 Å². The molecule has 6 nitrogen and oxygen atoms in total. The lowest BCUT2D eigenvalue weighted by molar-refractivity contribution is -0.384. The minimum absolute atomic E-state index is 0.0140. The average molecular weight is 280 g/mol. The Labute approximate surface area is 115 Å². The van der Waals surface area contributed by atoms with Crippen LogP contribution in [-0.2, 0) is 6.54 Å². The number of aryl methyl sites for hydroxylation is 2. The fourth-order valence-electron chi connectivity index (χ4n) is 1.98. The largest absolute Gasteiger partial charge is 0.357 e. The Morgan fingerprint density at radius 1 is 1.63 bits per heavy atom. The van der Waals surface area contributed by atoms with Crippen LogP contribution in [-0.4, -0.2) is 14.7 Å². The van der Waals surface area contributed by atoms with Crippen molar-refractivity contribution in [3.8, 4) is 0 Å². The van der Waals surface area contributed by atoms with E-state index in [1.165, 1.54) is 0 Å². The Balaban J connectivity index is 2.35. The maximum atomic E-state index is 11.2. The van der Waals surface area contributed by atoms with Gasteiger partial charge in [-0.3, -0.25) is 10.1 Å². The molecule has 0 spiro atoms. The van der Waals surface area contributed by atoms with E-state index in [9.17, 15) is 10.1 Å². The molecule has 2 aromatic rings. The lowest BCUT2D eigenvalue weighted by atomic mass is 10.2. The summed E-state index contributed by atoms with van der Waals surface area (Å²) < 4.78 is 1.64. The van der Waals surface area contributed by atoms with Gasteiger partial charge in [-0.2, -0.15) is 5.10 Å². The summed E-state index contributed by atoms with van der Waals surface area (Å²) in [6, 6.07) is 3.99. The molecule has 0 saturated carbocycles. The highest BCUT2D eigenvalue weighted by Gasteiger charge is 2.26. The van der Waals surface area contributed by atoms with Gasteiger partial charge >= 0.3 is 5.69 Å². The summed E-state index contributed by atoms with van der Waals surface area (Å²) in [5.74, 6) is 0.478. The van der Waals surface area contributed by atoms with Gasteiger partial charge in [0.1, 0.15) is 5.69 Å². The summed E-state index contributed by atoms with van der Waals surface area (Å²) in [6.07, 6.45) is 0. The second-order valence-electron chi connectivity index (χ2n) is 4.24. The van der Waals surface area contributed by atoms with Crippen LogP contribution in [0.1, 0.15) is 30.5 Å². The van der Waals surface area contributed by atoms with Gasteiger partial charge in [-0.1, -0.05) is 6.07 Å². The van der Waals surface area contributed by atoms with Gasteiger partial charge < -0.3 is 5.32 Å². The van der Waals surface area contributed by atoms with Crippen molar-refractivity contribution >= 4 is 22.8 Å². The molecule has 1 N–H and O–H groups in total. The first-order valence-electron chi connectivity index (χ1n) is 6.06. The minimum Gasteiger partial charge on any atom is -0.357 e. The maximum absolute atomic E-state index is 11.2.